The number of nitrogens with one attached hydrogen (secondary N) is 1. The molecule has 0 aromatic heterocycles. The molecule has 2 heterocycles. The second-order valence-electron chi connectivity index (χ2n) is 6.22. The fourth-order valence-corrected chi connectivity index (χ4v) is 3.29. The Balaban J connectivity index is 0.00000156. The molecule has 3 rings (SSSR count). The molecule has 0 saturated carbocycles. The minimum absolute atomic E-state index is 0. The van der Waals surface area contributed by atoms with Crippen LogP contribution in [-0.2, 0) is 0 Å². The van der Waals surface area contributed by atoms with Gasteiger partial charge in [0.15, 0.2) is 11.6 Å². The third-order valence-corrected chi connectivity index (χ3v) is 4.55. The summed E-state index contributed by atoms with van der Waals surface area (Å²) in [5, 5.41) is 3.18. The molecule has 0 unspecified atom stereocenters. The van der Waals surface area contributed by atoms with Crippen LogP contribution in [0.3, 0.4) is 0 Å². The van der Waals surface area contributed by atoms with E-state index < -0.39 is 11.6 Å². The molecule has 4 nitrogen and oxygen atoms in total. The van der Waals surface area contributed by atoms with Crippen molar-refractivity contribution in [1.29, 1.82) is 0 Å². The Labute approximate surface area is 160 Å². The summed E-state index contributed by atoms with van der Waals surface area (Å²) in [5.74, 6) is -0.810. The van der Waals surface area contributed by atoms with Gasteiger partial charge in [0, 0.05) is 44.9 Å². The predicted octanol–water partition coefficient (Wildman–Crippen LogP) is 3.08. The number of anilines is 1. The smallest absolute Gasteiger partial charge is 0.153 e. The fourth-order valence-electron chi connectivity index (χ4n) is 3.29. The van der Waals surface area contributed by atoms with Gasteiger partial charge in [-0.2, -0.15) is 0 Å². The molecule has 1 aromatic rings. The maximum atomic E-state index is 14.3. The van der Waals surface area contributed by atoms with Crippen LogP contribution in [0.2, 0.25) is 0 Å². The average Bonchev–Trinajstić information content (AvgIpc) is 2.56. The summed E-state index contributed by atoms with van der Waals surface area (Å²) in [4.78, 5) is 4.09. The van der Waals surface area contributed by atoms with Crippen LogP contribution in [0.5, 0.6) is 5.75 Å². The number of piperidine rings is 1. The van der Waals surface area contributed by atoms with Crippen LogP contribution in [-0.4, -0.2) is 57.3 Å². The highest BCUT2D eigenvalue weighted by Crippen LogP contribution is 2.28. The van der Waals surface area contributed by atoms with Crippen molar-refractivity contribution in [1.82, 2.24) is 10.2 Å². The molecule has 2 aliphatic rings. The van der Waals surface area contributed by atoms with Crippen LogP contribution in [0.15, 0.2) is 12.1 Å². The standard InChI is InChI=1S/C17H25F2N3O.2ClH/c18-15-12-14(23-11-10-21-6-2-1-3-7-21)13-16(19)17(15)22-8-4-20-5-9-22;;/h12-13,20H,1-11H2;2*1H. The molecule has 1 aromatic carbocycles. The Hall–Kier alpha value is -0.820. The molecule has 0 amide bonds. The number of likely N-dealkylation sites (tertiary alicyclic amines) is 1. The van der Waals surface area contributed by atoms with Gasteiger partial charge in [-0.05, 0) is 25.9 Å². The van der Waals surface area contributed by atoms with Gasteiger partial charge in [-0.3, -0.25) is 4.90 Å². The summed E-state index contributed by atoms with van der Waals surface area (Å²) in [6, 6.07) is 2.60. The lowest BCUT2D eigenvalue weighted by Crippen LogP contribution is -2.44. The Kier molecular flexibility index (Phi) is 9.79. The van der Waals surface area contributed by atoms with E-state index in [-0.39, 0.29) is 36.3 Å². The quantitative estimate of drug-likeness (QED) is 0.825. The van der Waals surface area contributed by atoms with Gasteiger partial charge in [-0.1, -0.05) is 6.42 Å². The first-order valence-corrected chi connectivity index (χ1v) is 8.54. The molecule has 0 bridgehead atoms. The molecule has 0 aliphatic carbocycles. The number of benzene rings is 1. The molecule has 2 aliphatic heterocycles. The van der Waals surface area contributed by atoms with Crippen LogP contribution in [0.4, 0.5) is 14.5 Å². The molecule has 0 atom stereocenters. The minimum atomic E-state index is -0.542. The fraction of sp³-hybridized carbons (Fsp3) is 0.647. The topological polar surface area (TPSA) is 27.7 Å². The van der Waals surface area contributed by atoms with E-state index >= 15 is 0 Å². The van der Waals surface area contributed by atoms with Crippen molar-refractivity contribution in [2.45, 2.75) is 19.3 Å². The molecule has 2 fully saturated rings. The van der Waals surface area contributed by atoms with Gasteiger partial charge in [-0.15, -0.1) is 24.8 Å². The number of ether oxygens (including phenoxy) is 1. The average molecular weight is 398 g/mol. The molecular weight excluding hydrogens is 371 g/mol. The molecule has 0 spiro atoms. The number of hydrogen-bond acceptors (Lipinski definition) is 4. The molecule has 2 saturated heterocycles. The summed E-state index contributed by atoms with van der Waals surface area (Å²) in [6.07, 6.45) is 3.74. The van der Waals surface area contributed by atoms with E-state index in [2.05, 4.69) is 10.2 Å². The van der Waals surface area contributed by atoms with Gasteiger partial charge in [0.25, 0.3) is 0 Å². The SMILES string of the molecule is Cl.Cl.Fc1cc(OCCN2CCCCC2)cc(F)c1N1CCNCC1. The van der Waals surface area contributed by atoms with E-state index in [1.165, 1.54) is 31.4 Å². The molecule has 0 radical (unpaired) electrons. The van der Waals surface area contributed by atoms with Crippen molar-refractivity contribution in [2.75, 3.05) is 57.3 Å². The van der Waals surface area contributed by atoms with Crippen molar-refractivity contribution >= 4 is 30.5 Å². The first-order chi connectivity index (χ1) is 11.2. The highest BCUT2D eigenvalue weighted by atomic mass is 35.5. The van der Waals surface area contributed by atoms with Gasteiger partial charge >= 0.3 is 0 Å². The predicted molar refractivity (Wildman–Crippen MR) is 102 cm³/mol. The van der Waals surface area contributed by atoms with Crippen LogP contribution in [0, 0.1) is 11.6 Å². The maximum Gasteiger partial charge on any atom is 0.153 e. The van der Waals surface area contributed by atoms with Crippen molar-refractivity contribution < 1.29 is 13.5 Å². The number of nitrogens with zero attached hydrogens (tertiary/aromatic N) is 2. The Morgan fingerprint density at radius 1 is 0.920 bits per heavy atom. The van der Waals surface area contributed by atoms with Gasteiger partial charge in [0.2, 0.25) is 0 Å². The summed E-state index contributed by atoms with van der Waals surface area (Å²) in [5.41, 5.74) is 0.0647. The van der Waals surface area contributed by atoms with E-state index in [0.29, 0.717) is 19.7 Å². The lowest BCUT2D eigenvalue weighted by Gasteiger charge is -2.30. The second kappa shape index (κ2) is 11.0. The van der Waals surface area contributed by atoms with E-state index in [0.717, 1.165) is 32.7 Å². The van der Waals surface area contributed by atoms with E-state index in [1.54, 1.807) is 4.90 Å². The molecule has 25 heavy (non-hydrogen) atoms. The number of halogens is 4. The summed E-state index contributed by atoms with van der Waals surface area (Å²) < 4.78 is 34.1. The highest BCUT2D eigenvalue weighted by Gasteiger charge is 2.20. The molecular formula is C17H27Cl2F2N3O. The minimum Gasteiger partial charge on any atom is -0.492 e. The van der Waals surface area contributed by atoms with Crippen molar-refractivity contribution in [3.63, 3.8) is 0 Å². The first kappa shape index (κ1) is 22.2. The number of hydrogen-bond donors (Lipinski definition) is 1. The third kappa shape index (κ3) is 6.13. The first-order valence-electron chi connectivity index (χ1n) is 8.54. The van der Waals surface area contributed by atoms with Gasteiger partial charge in [-0.25, -0.2) is 8.78 Å². The highest BCUT2D eigenvalue weighted by molar-refractivity contribution is 5.85. The zero-order valence-electron chi connectivity index (χ0n) is 14.3. The monoisotopic (exact) mass is 397 g/mol. The number of piperazine rings is 1. The van der Waals surface area contributed by atoms with Gasteiger partial charge in [0.1, 0.15) is 18.0 Å². The van der Waals surface area contributed by atoms with Gasteiger partial charge in [0.05, 0.1) is 0 Å². The third-order valence-electron chi connectivity index (χ3n) is 4.55. The van der Waals surface area contributed by atoms with E-state index in [4.69, 9.17) is 4.74 Å². The van der Waals surface area contributed by atoms with Crippen molar-refractivity contribution in [2.24, 2.45) is 0 Å². The second-order valence-corrected chi connectivity index (χ2v) is 6.22. The van der Waals surface area contributed by atoms with Gasteiger partial charge < -0.3 is 15.0 Å². The molecule has 1 N–H and O–H groups in total. The van der Waals surface area contributed by atoms with E-state index in [1.807, 2.05) is 0 Å². The zero-order valence-corrected chi connectivity index (χ0v) is 15.9. The van der Waals surface area contributed by atoms with Crippen LogP contribution >= 0.6 is 24.8 Å². The zero-order chi connectivity index (χ0) is 16.1. The normalized spacial score (nSPS) is 18.2. The maximum absolute atomic E-state index is 14.3. The molecule has 144 valence electrons. The Morgan fingerprint density at radius 3 is 2.12 bits per heavy atom. The van der Waals surface area contributed by atoms with E-state index in [9.17, 15) is 8.78 Å². The summed E-state index contributed by atoms with van der Waals surface area (Å²) >= 11 is 0. The van der Waals surface area contributed by atoms with Crippen LogP contribution < -0.4 is 15.0 Å². The Morgan fingerprint density at radius 2 is 1.52 bits per heavy atom. The molecule has 8 heteroatoms. The summed E-state index contributed by atoms with van der Waals surface area (Å²) in [7, 11) is 0. The lowest BCUT2D eigenvalue weighted by molar-refractivity contribution is 0.183. The Bertz CT molecular complexity index is 502. The van der Waals surface area contributed by atoms with Crippen molar-refractivity contribution in [3.05, 3.63) is 23.8 Å². The number of rotatable bonds is 5. The lowest BCUT2D eigenvalue weighted by atomic mass is 10.1. The van der Waals surface area contributed by atoms with Crippen LogP contribution in [0.25, 0.3) is 0 Å². The van der Waals surface area contributed by atoms with Crippen molar-refractivity contribution in [3.8, 4) is 5.75 Å². The largest absolute Gasteiger partial charge is 0.492 e. The van der Waals surface area contributed by atoms with Crippen LogP contribution in [0.1, 0.15) is 19.3 Å². The summed E-state index contributed by atoms with van der Waals surface area (Å²) in [6.45, 7) is 6.17.